The molecule has 0 atom stereocenters. The highest BCUT2D eigenvalue weighted by atomic mass is 32.2. The summed E-state index contributed by atoms with van der Waals surface area (Å²) in [7, 11) is 0. The third-order valence-electron chi connectivity index (χ3n) is 6.01. The highest BCUT2D eigenvalue weighted by molar-refractivity contribution is 7.99. The normalized spacial score (nSPS) is 11.1. The Bertz CT molecular complexity index is 1580. The quantitative estimate of drug-likeness (QED) is 0.281. The fourth-order valence-corrected chi connectivity index (χ4v) is 5.15. The Balaban J connectivity index is 1.37. The summed E-state index contributed by atoms with van der Waals surface area (Å²) in [6, 6.07) is 21.3. The van der Waals surface area contributed by atoms with Crippen LogP contribution in [0.25, 0.3) is 16.8 Å². The molecule has 4 N–H and O–H groups in total. The van der Waals surface area contributed by atoms with Gasteiger partial charge < -0.3 is 16.2 Å². The molecule has 3 aromatic heterocycles. The lowest BCUT2D eigenvalue weighted by molar-refractivity contribution is 0.0949. The minimum Gasteiger partial charge on any atom is -0.392 e. The minimum absolute atomic E-state index is 0.0252. The van der Waals surface area contributed by atoms with E-state index < -0.39 is 0 Å². The maximum absolute atomic E-state index is 13.3. The largest absolute Gasteiger partial charge is 0.392 e. The van der Waals surface area contributed by atoms with E-state index >= 15 is 0 Å². The molecule has 0 spiro atoms. The lowest BCUT2D eigenvalue weighted by Crippen LogP contribution is -2.24. The van der Waals surface area contributed by atoms with Crippen molar-refractivity contribution in [3.8, 4) is 11.1 Å². The highest BCUT2D eigenvalue weighted by Crippen LogP contribution is 2.33. The van der Waals surface area contributed by atoms with Crippen LogP contribution < -0.4 is 11.1 Å². The molecule has 5 rings (SSSR count). The second-order valence-electron chi connectivity index (χ2n) is 8.42. The smallest absolute Gasteiger partial charge is 0.253 e. The Labute approximate surface area is 218 Å². The molecule has 9 heteroatoms. The zero-order valence-corrected chi connectivity index (χ0v) is 21.1. The molecule has 0 fully saturated rings. The van der Waals surface area contributed by atoms with Crippen LogP contribution in [0.1, 0.15) is 34.1 Å². The van der Waals surface area contributed by atoms with Gasteiger partial charge in [0.1, 0.15) is 0 Å². The lowest BCUT2D eigenvalue weighted by Gasteiger charge is -2.14. The first kappa shape index (κ1) is 24.5. The van der Waals surface area contributed by atoms with Crippen LogP contribution in [0.5, 0.6) is 0 Å². The number of aromatic nitrogens is 4. The number of anilines is 1. The molecule has 1 amide bonds. The summed E-state index contributed by atoms with van der Waals surface area (Å²) in [5, 5.41) is 16.9. The number of amides is 1. The number of benzene rings is 2. The number of rotatable bonds is 8. The van der Waals surface area contributed by atoms with Crippen molar-refractivity contribution in [2.24, 2.45) is 0 Å². The fourth-order valence-electron chi connectivity index (χ4n) is 4.08. The number of aliphatic hydroxyl groups is 1. The molecular weight excluding hydrogens is 484 g/mol. The molecule has 0 radical (unpaired) electrons. The van der Waals surface area contributed by atoms with Gasteiger partial charge in [0.25, 0.3) is 5.91 Å². The summed E-state index contributed by atoms with van der Waals surface area (Å²) in [4.78, 5) is 24.1. The number of pyridine rings is 2. The number of hydrogen-bond acceptors (Lipinski definition) is 7. The van der Waals surface area contributed by atoms with E-state index in [0.717, 1.165) is 37.7 Å². The molecule has 3 heterocycles. The third-order valence-corrected chi connectivity index (χ3v) is 7.25. The standard InChI is InChI=1S/C28H26N6O2S/c1-2-23-22(13-21(16-30-23)18-11-12-34-26(14-18)32-28(29)33-34)27(36)31-15-19-7-3-5-9-24(19)37-25-10-6-4-8-20(25)17-35/h3-14,16,35H,2,15,17H2,1H3,(H2,29,33)(H,31,36). The van der Waals surface area contributed by atoms with Crippen molar-refractivity contribution in [1.29, 1.82) is 0 Å². The zero-order valence-electron chi connectivity index (χ0n) is 20.3. The van der Waals surface area contributed by atoms with Gasteiger partial charge in [-0.1, -0.05) is 55.1 Å². The molecular formula is C28H26N6O2S. The van der Waals surface area contributed by atoms with Gasteiger partial charge >= 0.3 is 0 Å². The number of nitrogens with one attached hydrogen (secondary N) is 1. The van der Waals surface area contributed by atoms with Crippen LogP contribution in [-0.4, -0.2) is 30.6 Å². The van der Waals surface area contributed by atoms with Crippen LogP contribution >= 0.6 is 11.8 Å². The molecule has 0 unspecified atom stereocenters. The van der Waals surface area contributed by atoms with Crippen LogP contribution in [0.15, 0.2) is 88.9 Å². The number of fused-ring (bicyclic) bond motifs is 1. The molecule has 0 saturated carbocycles. The molecule has 186 valence electrons. The van der Waals surface area contributed by atoms with Gasteiger partial charge in [0, 0.05) is 34.3 Å². The van der Waals surface area contributed by atoms with Crippen molar-refractivity contribution in [1.82, 2.24) is 24.9 Å². The second-order valence-corrected chi connectivity index (χ2v) is 9.50. The van der Waals surface area contributed by atoms with Gasteiger partial charge in [0.2, 0.25) is 5.95 Å². The van der Waals surface area contributed by atoms with Crippen molar-refractivity contribution in [2.45, 2.75) is 36.3 Å². The number of carbonyl (C=O) groups is 1. The van der Waals surface area contributed by atoms with E-state index in [4.69, 9.17) is 5.73 Å². The topological polar surface area (TPSA) is 118 Å². The van der Waals surface area contributed by atoms with Gasteiger partial charge in [-0.15, -0.1) is 5.10 Å². The third kappa shape index (κ3) is 5.32. The number of carbonyl (C=O) groups excluding carboxylic acids is 1. The van der Waals surface area contributed by atoms with Crippen LogP contribution in [0.2, 0.25) is 0 Å². The zero-order chi connectivity index (χ0) is 25.8. The van der Waals surface area contributed by atoms with Gasteiger partial charge in [-0.3, -0.25) is 9.78 Å². The summed E-state index contributed by atoms with van der Waals surface area (Å²) in [6.07, 6.45) is 4.18. The van der Waals surface area contributed by atoms with E-state index in [1.807, 2.05) is 73.7 Å². The number of nitrogens with two attached hydrogens (primary N) is 1. The Kier molecular flexibility index (Phi) is 7.16. The molecule has 0 aliphatic carbocycles. The summed E-state index contributed by atoms with van der Waals surface area (Å²) in [5.41, 5.74) is 11.1. The van der Waals surface area contributed by atoms with Crippen molar-refractivity contribution >= 4 is 29.3 Å². The van der Waals surface area contributed by atoms with Crippen molar-refractivity contribution in [3.05, 3.63) is 102 Å². The summed E-state index contributed by atoms with van der Waals surface area (Å²) in [6.45, 7) is 2.32. The monoisotopic (exact) mass is 510 g/mol. The van der Waals surface area contributed by atoms with Gasteiger partial charge in [0.05, 0.1) is 17.9 Å². The van der Waals surface area contributed by atoms with Crippen LogP contribution in [-0.2, 0) is 19.6 Å². The van der Waals surface area contributed by atoms with Crippen molar-refractivity contribution in [3.63, 3.8) is 0 Å². The summed E-state index contributed by atoms with van der Waals surface area (Å²) in [5.74, 6) is 0.0181. The predicted molar refractivity (Wildman–Crippen MR) is 144 cm³/mol. The number of aryl methyl sites for hydroxylation is 1. The van der Waals surface area contributed by atoms with E-state index in [1.165, 1.54) is 0 Å². The van der Waals surface area contributed by atoms with Gasteiger partial charge in [0.15, 0.2) is 5.65 Å². The Morgan fingerprint density at radius 3 is 2.51 bits per heavy atom. The minimum atomic E-state index is -0.186. The number of nitrogens with zero attached hydrogens (tertiary/aromatic N) is 4. The van der Waals surface area contributed by atoms with E-state index in [9.17, 15) is 9.90 Å². The predicted octanol–water partition coefficient (Wildman–Crippen LogP) is 4.51. The number of hydrogen-bond donors (Lipinski definition) is 3. The van der Waals surface area contributed by atoms with E-state index in [1.54, 1.807) is 28.7 Å². The van der Waals surface area contributed by atoms with Crippen LogP contribution in [0.4, 0.5) is 5.95 Å². The number of aliphatic hydroxyl groups excluding tert-OH is 1. The SMILES string of the molecule is CCc1ncc(-c2ccn3nc(N)nc3c2)cc1C(=O)NCc1ccccc1Sc1ccccc1CO. The van der Waals surface area contributed by atoms with Crippen LogP contribution in [0.3, 0.4) is 0 Å². The van der Waals surface area contributed by atoms with E-state index in [0.29, 0.717) is 24.2 Å². The first-order valence-electron chi connectivity index (χ1n) is 11.9. The highest BCUT2D eigenvalue weighted by Gasteiger charge is 2.15. The Morgan fingerprint density at radius 1 is 1.03 bits per heavy atom. The fraction of sp³-hybridized carbons (Fsp3) is 0.143. The maximum atomic E-state index is 13.3. The lowest BCUT2D eigenvalue weighted by atomic mass is 10.0. The Hall–Kier alpha value is -4.21. The number of nitrogen functional groups attached to an aromatic ring is 1. The molecule has 5 aromatic rings. The first-order chi connectivity index (χ1) is 18.1. The van der Waals surface area contributed by atoms with Gasteiger partial charge in [-0.05, 0) is 53.4 Å². The average Bonchev–Trinajstić information content (AvgIpc) is 3.31. The Morgan fingerprint density at radius 2 is 1.76 bits per heavy atom. The maximum Gasteiger partial charge on any atom is 0.253 e. The molecule has 0 bridgehead atoms. The van der Waals surface area contributed by atoms with Gasteiger partial charge in [-0.25, -0.2) is 4.52 Å². The first-order valence-corrected chi connectivity index (χ1v) is 12.7. The molecule has 0 aliphatic rings. The van der Waals surface area contributed by atoms with Crippen molar-refractivity contribution < 1.29 is 9.90 Å². The molecule has 2 aromatic carbocycles. The average molecular weight is 511 g/mol. The van der Waals surface area contributed by atoms with Crippen LogP contribution in [0, 0.1) is 0 Å². The van der Waals surface area contributed by atoms with Gasteiger partial charge in [-0.2, -0.15) is 4.98 Å². The molecule has 0 aliphatic heterocycles. The summed E-state index contributed by atoms with van der Waals surface area (Å²) >= 11 is 1.58. The van der Waals surface area contributed by atoms with E-state index in [-0.39, 0.29) is 18.5 Å². The summed E-state index contributed by atoms with van der Waals surface area (Å²) < 4.78 is 1.61. The van der Waals surface area contributed by atoms with Crippen molar-refractivity contribution in [2.75, 3.05) is 5.73 Å². The molecule has 37 heavy (non-hydrogen) atoms. The second kappa shape index (κ2) is 10.8. The molecule has 0 saturated heterocycles. The molecule has 8 nitrogen and oxygen atoms in total. The van der Waals surface area contributed by atoms with E-state index in [2.05, 4.69) is 20.4 Å².